The highest BCUT2D eigenvalue weighted by molar-refractivity contribution is 4.73. The summed E-state index contributed by atoms with van der Waals surface area (Å²) in [6.07, 6.45) is -4.98. The Bertz CT molecular complexity index is 159. The van der Waals surface area contributed by atoms with E-state index in [1.165, 1.54) is 6.92 Å². The van der Waals surface area contributed by atoms with Crippen molar-refractivity contribution in [2.24, 2.45) is 0 Å². The lowest BCUT2D eigenvalue weighted by Crippen LogP contribution is -2.41. The van der Waals surface area contributed by atoms with E-state index in [2.05, 4.69) is 5.32 Å². The summed E-state index contributed by atoms with van der Waals surface area (Å²) in [4.78, 5) is 0. The number of halogens is 3. The minimum Gasteiger partial charge on any atom is -0.393 e. The van der Waals surface area contributed by atoms with Crippen LogP contribution in [0.4, 0.5) is 13.2 Å². The van der Waals surface area contributed by atoms with Crippen molar-refractivity contribution in [3.63, 3.8) is 0 Å². The molecule has 0 aliphatic heterocycles. The molecule has 0 aromatic carbocycles. The molecular formula is C8H16F3NO2. The number of alkyl halides is 3. The first-order chi connectivity index (χ1) is 6.27. The molecule has 3 N–H and O–H groups in total. The van der Waals surface area contributed by atoms with E-state index < -0.39 is 24.8 Å². The van der Waals surface area contributed by atoms with Crippen molar-refractivity contribution in [3.05, 3.63) is 0 Å². The highest BCUT2D eigenvalue weighted by Crippen LogP contribution is 2.20. The second-order valence-electron chi connectivity index (χ2n) is 3.55. The van der Waals surface area contributed by atoms with Gasteiger partial charge in [-0.05, 0) is 19.9 Å². The molecule has 0 aromatic heterocycles. The second-order valence-corrected chi connectivity index (χ2v) is 3.55. The van der Waals surface area contributed by atoms with Crippen molar-refractivity contribution < 1.29 is 23.4 Å². The highest BCUT2D eigenvalue weighted by atomic mass is 19.4. The molecule has 0 aliphatic rings. The van der Waals surface area contributed by atoms with Gasteiger partial charge in [0.05, 0.1) is 12.2 Å². The first kappa shape index (κ1) is 13.7. The summed E-state index contributed by atoms with van der Waals surface area (Å²) in [5.74, 6) is 0. The molecule has 0 aromatic rings. The van der Waals surface area contributed by atoms with Gasteiger partial charge in [-0.3, -0.25) is 0 Å². The molecular weight excluding hydrogens is 199 g/mol. The zero-order chi connectivity index (χ0) is 11.2. The molecule has 6 heteroatoms. The molecule has 86 valence electrons. The molecule has 0 spiro atoms. The minimum absolute atomic E-state index is 0.0228. The van der Waals surface area contributed by atoms with E-state index >= 15 is 0 Å². The maximum Gasteiger partial charge on any atom is 0.389 e. The molecule has 14 heavy (non-hydrogen) atoms. The molecule has 0 saturated carbocycles. The predicted molar refractivity (Wildman–Crippen MR) is 45.9 cm³/mol. The van der Waals surface area contributed by atoms with Crippen LogP contribution < -0.4 is 5.32 Å². The van der Waals surface area contributed by atoms with Crippen molar-refractivity contribution in [2.75, 3.05) is 19.7 Å². The first-order valence-corrected chi connectivity index (χ1v) is 4.37. The summed E-state index contributed by atoms with van der Waals surface area (Å²) in [6.45, 7) is 1.25. The Kier molecular flexibility index (Phi) is 5.40. The van der Waals surface area contributed by atoms with Gasteiger partial charge in [-0.2, -0.15) is 13.2 Å². The third-order valence-electron chi connectivity index (χ3n) is 1.66. The van der Waals surface area contributed by atoms with Crippen molar-refractivity contribution >= 4 is 0 Å². The van der Waals surface area contributed by atoms with Gasteiger partial charge in [-0.25, -0.2) is 0 Å². The number of rotatable bonds is 6. The van der Waals surface area contributed by atoms with Crippen LogP contribution in [0.5, 0.6) is 0 Å². The van der Waals surface area contributed by atoms with E-state index in [0.717, 1.165) is 0 Å². The fourth-order valence-corrected chi connectivity index (χ4v) is 0.827. The van der Waals surface area contributed by atoms with Crippen LogP contribution in [0, 0.1) is 0 Å². The lowest BCUT2D eigenvalue weighted by Gasteiger charge is -2.20. The smallest absolute Gasteiger partial charge is 0.389 e. The van der Waals surface area contributed by atoms with Crippen LogP contribution in [0.2, 0.25) is 0 Å². The molecule has 0 fully saturated rings. The van der Waals surface area contributed by atoms with E-state index in [-0.39, 0.29) is 19.5 Å². The van der Waals surface area contributed by atoms with Gasteiger partial charge in [0.2, 0.25) is 0 Å². The fraction of sp³-hybridized carbons (Fsp3) is 1.00. The minimum atomic E-state index is -4.12. The standard InChI is InChI=1S/C8H16F3NO2/c1-7(14,6-13)5-12-4-2-3-8(9,10)11/h12-14H,2-6H2,1H3. The maximum atomic E-state index is 11.7. The van der Waals surface area contributed by atoms with E-state index in [9.17, 15) is 18.3 Å². The van der Waals surface area contributed by atoms with Crippen LogP contribution in [0.25, 0.3) is 0 Å². The Balaban J connectivity index is 3.39. The third kappa shape index (κ3) is 8.28. The zero-order valence-corrected chi connectivity index (χ0v) is 8.06. The van der Waals surface area contributed by atoms with Crippen LogP contribution in [0.1, 0.15) is 19.8 Å². The van der Waals surface area contributed by atoms with Gasteiger partial charge in [0.15, 0.2) is 0 Å². The Morgan fingerprint density at radius 3 is 2.29 bits per heavy atom. The third-order valence-corrected chi connectivity index (χ3v) is 1.66. The fourth-order valence-electron chi connectivity index (χ4n) is 0.827. The SMILES string of the molecule is CC(O)(CO)CNCCCC(F)(F)F. The average molecular weight is 215 g/mol. The first-order valence-electron chi connectivity index (χ1n) is 4.37. The molecule has 0 radical (unpaired) electrons. The number of aliphatic hydroxyl groups excluding tert-OH is 1. The molecule has 0 aliphatic carbocycles. The summed E-state index contributed by atoms with van der Waals surface area (Å²) in [5, 5.41) is 20.5. The van der Waals surface area contributed by atoms with Gasteiger partial charge < -0.3 is 15.5 Å². The molecule has 3 nitrogen and oxygen atoms in total. The van der Waals surface area contributed by atoms with Gasteiger partial charge in [0.25, 0.3) is 0 Å². The summed E-state index contributed by atoms with van der Waals surface area (Å²) >= 11 is 0. The van der Waals surface area contributed by atoms with Crippen LogP contribution in [0.15, 0.2) is 0 Å². The van der Waals surface area contributed by atoms with Crippen molar-refractivity contribution in [2.45, 2.75) is 31.5 Å². The average Bonchev–Trinajstić information content (AvgIpc) is 2.01. The molecule has 1 unspecified atom stereocenters. The molecule has 0 heterocycles. The van der Waals surface area contributed by atoms with Crippen LogP contribution in [-0.4, -0.2) is 41.7 Å². The number of hydrogen-bond donors (Lipinski definition) is 3. The summed E-state index contributed by atoms with van der Waals surface area (Å²) in [6, 6.07) is 0. The van der Waals surface area contributed by atoms with E-state index in [4.69, 9.17) is 5.11 Å². The van der Waals surface area contributed by atoms with Gasteiger partial charge >= 0.3 is 6.18 Å². The van der Waals surface area contributed by atoms with Crippen LogP contribution in [0.3, 0.4) is 0 Å². The maximum absolute atomic E-state index is 11.7. The van der Waals surface area contributed by atoms with Gasteiger partial charge in [0.1, 0.15) is 0 Å². The summed E-state index contributed by atoms with van der Waals surface area (Å²) < 4.78 is 35.0. The van der Waals surface area contributed by atoms with Crippen LogP contribution >= 0.6 is 0 Å². The molecule has 0 amide bonds. The number of nitrogens with one attached hydrogen (secondary N) is 1. The Labute approximate surface area is 80.9 Å². The lowest BCUT2D eigenvalue weighted by molar-refractivity contribution is -0.135. The summed E-state index contributed by atoms with van der Waals surface area (Å²) in [7, 11) is 0. The van der Waals surface area contributed by atoms with Gasteiger partial charge in [0, 0.05) is 13.0 Å². The zero-order valence-electron chi connectivity index (χ0n) is 8.06. The molecule has 0 bridgehead atoms. The van der Waals surface area contributed by atoms with E-state index in [0.29, 0.717) is 0 Å². The summed E-state index contributed by atoms with van der Waals surface area (Å²) in [5.41, 5.74) is -1.27. The Morgan fingerprint density at radius 2 is 1.86 bits per heavy atom. The van der Waals surface area contributed by atoms with Gasteiger partial charge in [-0.1, -0.05) is 0 Å². The monoisotopic (exact) mass is 215 g/mol. The Hall–Kier alpha value is -0.330. The van der Waals surface area contributed by atoms with Crippen molar-refractivity contribution in [1.29, 1.82) is 0 Å². The highest BCUT2D eigenvalue weighted by Gasteiger charge is 2.26. The number of hydrogen-bond acceptors (Lipinski definition) is 3. The normalized spacial score (nSPS) is 16.7. The number of aliphatic hydroxyl groups is 2. The topological polar surface area (TPSA) is 52.5 Å². The quantitative estimate of drug-likeness (QED) is 0.570. The van der Waals surface area contributed by atoms with E-state index in [1.54, 1.807) is 0 Å². The Morgan fingerprint density at radius 1 is 1.29 bits per heavy atom. The lowest BCUT2D eigenvalue weighted by atomic mass is 10.1. The van der Waals surface area contributed by atoms with E-state index in [1.807, 2.05) is 0 Å². The molecule has 1 atom stereocenters. The van der Waals surface area contributed by atoms with Crippen molar-refractivity contribution in [3.8, 4) is 0 Å². The van der Waals surface area contributed by atoms with Gasteiger partial charge in [-0.15, -0.1) is 0 Å². The predicted octanol–water partition coefficient (Wildman–Crippen LogP) is 0.662. The molecule has 0 rings (SSSR count). The van der Waals surface area contributed by atoms with Crippen LogP contribution in [-0.2, 0) is 0 Å². The second kappa shape index (κ2) is 5.53. The van der Waals surface area contributed by atoms with Crippen molar-refractivity contribution in [1.82, 2.24) is 5.32 Å². The molecule has 0 saturated heterocycles. The largest absolute Gasteiger partial charge is 0.393 e.